The molecule has 158 valence electrons. The summed E-state index contributed by atoms with van der Waals surface area (Å²) in [4.78, 5) is 38.6. The van der Waals surface area contributed by atoms with Crippen molar-refractivity contribution < 1.29 is 19.2 Å². The molecular weight excluding hydrogens is 374 g/mol. The Morgan fingerprint density at radius 2 is 2.07 bits per heavy atom. The van der Waals surface area contributed by atoms with Gasteiger partial charge in [-0.1, -0.05) is 19.9 Å². The first-order valence-corrected chi connectivity index (χ1v) is 10.3. The lowest BCUT2D eigenvalue weighted by Crippen LogP contribution is -2.57. The number of nitro benzene ring substituents is 1. The van der Waals surface area contributed by atoms with Gasteiger partial charge in [0.25, 0.3) is 11.6 Å². The molecule has 8 heteroatoms. The summed E-state index contributed by atoms with van der Waals surface area (Å²) in [6.45, 7) is 6.20. The van der Waals surface area contributed by atoms with E-state index in [-0.39, 0.29) is 29.8 Å². The molecular formula is C21H29N3O5. The number of carbonyl (C=O) groups excluding carboxylic acids is 2. The molecule has 0 bridgehead atoms. The Bertz CT molecular complexity index is 788. The summed E-state index contributed by atoms with van der Waals surface area (Å²) in [6.07, 6.45) is 3.89. The van der Waals surface area contributed by atoms with E-state index in [0.717, 1.165) is 19.3 Å². The van der Waals surface area contributed by atoms with Crippen LogP contribution in [0, 0.1) is 16.0 Å². The third kappa shape index (κ3) is 4.27. The zero-order valence-electron chi connectivity index (χ0n) is 17.2. The number of nitro groups is 1. The maximum atomic E-state index is 13.5. The molecule has 1 aliphatic carbocycles. The van der Waals surface area contributed by atoms with Crippen LogP contribution in [0.25, 0.3) is 0 Å². The second-order valence-corrected chi connectivity index (χ2v) is 8.26. The summed E-state index contributed by atoms with van der Waals surface area (Å²) < 4.78 is 6.12. The zero-order valence-corrected chi connectivity index (χ0v) is 17.2. The smallest absolute Gasteiger partial charge is 0.270 e. The highest BCUT2D eigenvalue weighted by Gasteiger charge is 2.53. The summed E-state index contributed by atoms with van der Waals surface area (Å²) in [5, 5.41) is 14.1. The van der Waals surface area contributed by atoms with E-state index in [1.54, 1.807) is 11.0 Å². The lowest BCUT2D eigenvalue weighted by Gasteiger charge is -2.43. The van der Waals surface area contributed by atoms with Gasteiger partial charge in [0.2, 0.25) is 5.91 Å². The quantitative estimate of drug-likeness (QED) is 0.601. The van der Waals surface area contributed by atoms with Crippen LogP contribution in [0.2, 0.25) is 0 Å². The van der Waals surface area contributed by atoms with Gasteiger partial charge in [-0.05, 0) is 51.0 Å². The first kappa shape index (κ1) is 21.2. The second-order valence-electron chi connectivity index (χ2n) is 8.26. The molecule has 2 aliphatic rings. The molecule has 0 aromatic heterocycles. The monoisotopic (exact) mass is 403 g/mol. The zero-order chi connectivity index (χ0) is 21.2. The van der Waals surface area contributed by atoms with Gasteiger partial charge in [0.15, 0.2) is 0 Å². The van der Waals surface area contributed by atoms with Gasteiger partial charge in [-0.25, -0.2) is 0 Å². The molecule has 1 N–H and O–H groups in total. The summed E-state index contributed by atoms with van der Waals surface area (Å²) in [7, 11) is 0. The largest absolute Gasteiger partial charge is 0.353 e. The first-order chi connectivity index (χ1) is 13.8. The molecule has 8 nitrogen and oxygen atoms in total. The molecule has 3 rings (SSSR count). The molecule has 2 amide bonds. The van der Waals surface area contributed by atoms with Crippen molar-refractivity contribution in [2.75, 3.05) is 6.61 Å². The summed E-state index contributed by atoms with van der Waals surface area (Å²) in [5.74, 6) is -0.106. The summed E-state index contributed by atoms with van der Waals surface area (Å²) in [5.41, 5.74) is -0.780. The van der Waals surface area contributed by atoms with Crippen LogP contribution in [0.3, 0.4) is 0 Å². The van der Waals surface area contributed by atoms with Crippen molar-refractivity contribution in [2.24, 2.45) is 5.92 Å². The van der Waals surface area contributed by atoms with Crippen molar-refractivity contribution in [3.8, 4) is 0 Å². The van der Waals surface area contributed by atoms with E-state index in [1.807, 2.05) is 13.8 Å². The molecule has 2 atom stereocenters. The number of benzene rings is 1. The molecule has 2 fully saturated rings. The highest BCUT2D eigenvalue weighted by Crippen LogP contribution is 2.43. The van der Waals surface area contributed by atoms with Gasteiger partial charge >= 0.3 is 0 Å². The van der Waals surface area contributed by atoms with Crippen LogP contribution < -0.4 is 5.32 Å². The number of hydrogen-bond acceptors (Lipinski definition) is 5. The SMILES string of the molecule is CCC(C)NC(=O)C1COC2(CCC(C)CC2)N1C(=O)c1cccc([N+](=O)[O-])c1. The third-order valence-corrected chi connectivity index (χ3v) is 6.14. The molecule has 1 saturated heterocycles. The van der Waals surface area contributed by atoms with Crippen LogP contribution in [-0.4, -0.2) is 46.1 Å². The fraction of sp³-hybridized carbons (Fsp3) is 0.619. The average Bonchev–Trinajstić information content (AvgIpc) is 3.08. The van der Waals surface area contributed by atoms with Gasteiger partial charge in [-0.2, -0.15) is 0 Å². The van der Waals surface area contributed by atoms with Crippen molar-refractivity contribution in [3.63, 3.8) is 0 Å². The van der Waals surface area contributed by atoms with E-state index in [0.29, 0.717) is 18.8 Å². The first-order valence-electron chi connectivity index (χ1n) is 10.3. The lowest BCUT2D eigenvalue weighted by atomic mass is 9.83. The van der Waals surface area contributed by atoms with Gasteiger partial charge in [-0.15, -0.1) is 0 Å². The number of amides is 2. The predicted molar refractivity (Wildman–Crippen MR) is 107 cm³/mol. The Labute approximate surface area is 170 Å². The molecule has 0 radical (unpaired) electrons. The van der Waals surface area contributed by atoms with Gasteiger partial charge in [0, 0.05) is 23.7 Å². The number of non-ortho nitro benzene ring substituents is 1. The number of nitrogens with one attached hydrogen (secondary N) is 1. The highest BCUT2D eigenvalue weighted by atomic mass is 16.6. The normalized spacial score (nSPS) is 27.6. The Morgan fingerprint density at radius 1 is 1.38 bits per heavy atom. The molecule has 29 heavy (non-hydrogen) atoms. The molecule has 1 saturated carbocycles. The van der Waals surface area contributed by atoms with Crippen molar-refractivity contribution in [1.82, 2.24) is 10.2 Å². The maximum absolute atomic E-state index is 13.5. The minimum absolute atomic E-state index is 0.0137. The van der Waals surface area contributed by atoms with E-state index in [1.165, 1.54) is 18.2 Å². The van der Waals surface area contributed by atoms with Crippen molar-refractivity contribution in [2.45, 2.75) is 70.7 Å². The summed E-state index contributed by atoms with van der Waals surface area (Å²) >= 11 is 0. The van der Waals surface area contributed by atoms with Gasteiger partial charge in [0.05, 0.1) is 11.5 Å². The molecule has 1 aromatic rings. The van der Waals surface area contributed by atoms with Crippen molar-refractivity contribution >= 4 is 17.5 Å². The van der Waals surface area contributed by atoms with E-state index in [2.05, 4.69) is 12.2 Å². The third-order valence-electron chi connectivity index (χ3n) is 6.14. The fourth-order valence-corrected chi connectivity index (χ4v) is 4.11. The van der Waals surface area contributed by atoms with E-state index in [9.17, 15) is 19.7 Å². The van der Waals surface area contributed by atoms with Crippen LogP contribution in [0.15, 0.2) is 24.3 Å². The second kappa shape index (κ2) is 8.49. The molecule has 1 aliphatic heterocycles. The standard InChI is InChI=1S/C21H29N3O5/c1-4-15(3)22-19(25)18-13-29-21(10-8-14(2)9-11-21)23(18)20(26)16-6-5-7-17(12-16)24(27)28/h5-7,12,14-15,18H,4,8-11,13H2,1-3H3,(H,22,25). The number of hydrogen-bond donors (Lipinski definition) is 1. The Kier molecular flexibility index (Phi) is 6.21. The number of rotatable bonds is 5. The number of carbonyl (C=O) groups is 2. The fourth-order valence-electron chi connectivity index (χ4n) is 4.11. The van der Waals surface area contributed by atoms with E-state index >= 15 is 0 Å². The lowest BCUT2D eigenvalue weighted by molar-refractivity contribution is -0.384. The predicted octanol–water partition coefficient (Wildman–Crippen LogP) is 3.26. The van der Waals surface area contributed by atoms with Crippen molar-refractivity contribution in [1.29, 1.82) is 0 Å². The average molecular weight is 403 g/mol. The summed E-state index contributed by atoms with van der Waals surface area (Å²) in [6, 6.07) is 4.90. The number of nitrogens with zero attached hydrogens (tertiary/aromatic N) is 2. The van der Waals surface area contributed by atoms with Crippen LogP contribution in [0.5, 0.6) is 0 Å². The van der Waals surface area contributed by atoms with Gasteiger partial charge in [-0.3, -0.25) is 24.6 Å². The van der Waals surface area contributed by atoms with Gasteiger partial charge in [0.1, 0.15) is 11.8 Å². The Hall–Kier alpha value is -2.48. The maximum Gasteiger partial charge on any atom is 0.270 e. The van der Waals surface area contributed by atoms with Gasteiger partial charge < -0.3 is 10.1 Å². The van der Waals surface area contributed by atoms with Crippen LogP contribution >= 0.6 is 0 Å². The Balaban J connectivity index is 1.95. The number of ether oxygens (including phenoxy) is 1. The minimum Gasteiger partial charge on any atom is -0.353 e. The topological polar surface area (TPSA) is 102 Å². The molecule has 1 aromatic carbocycles. The highest BCUT2D eigenvalue weighted by molar-refractivity contribution is 5.99. The Morgan fingerprint density at radius 3 is 2.69 bits per heavy atom. The molecule has 1 heterocycles. The van der Waals surface area contributed by atoms with Crippen LogP contribution in [0.4, 0.5) is 5.69 Å². The molecule has 2 unspecified atom stereocenters. The van der Waals surface area contributed by atoms with Crippen LogP contribution in [-0.2, 0) is 9.53 Å². The van der Waals surface area contributed by atoms with E-state index in [4.69, 9.17) is 4.74 Å². The van der Waals surface area contributed by atoms with Crippen molar-refractivity contribution in [3.05, 3.63) is 39.9 Å². The van der Waals surface area contributed by atoms with Crippen LogP contribution in [0.1, 0.15) is 63.2 Å². The minimum atomic E-state index is -0.828. The van der Waals surface area contributed by atoms with E-state index < -0.39 is 22.6 Å². The molecule has 1 spiro atoms.